The number of ether oxygens (including phenoxy) is 2. The molecule has 4 aromatic carbocycles. The molecule has 4 rings (SSSR count). The Kier molecular flexibility index (Phi) is 5.59. The van der Waals surface area contributed by atoms with E-state index in [-0.39, 0.29) is 5.75 Å². The molecular weight excluding hydrogens is 398 g/mol. The molecular formula is C24H21NO4S. The summed E-state index contributed by atoms with van der Waals surface area (Å²) in [4.78, 5) is 0. The fraction of sp³-hybridized carbons (Fsp3) is 0.0833. The number of hydrogen-bond acceptors (Lipinski definition) is 4. The third-order valence-corrected chi connectivity index (χ3v) is 5.88. The average molecular weight is 420 g/mol. The number of rotatable bonds is 7. The molecule has 6 heteroatoms. The zero-order valence-corrected chi connectivity index (χ0v) is 17.2. The highest BCUT2D eigenvalue weighted by molar-refractivity contribution is 7.91. The Labute approximate surface area is 175 Å². The van der Waals surface area contributed by atoms with Crippen LogP contribution in [0.5, 0.6) is 17.2 Å². The first-order valence-electron chi connectivity index (χ1n) is 9.42. The summed E-state index contributed by atoms with van der Waals surface area (Å²) in [6.07, 6.45) is 0. The second-order valence-corrected chi connectivity index (χ2v) is 8.51. The van der Waals surface area contributed by atoms with Gasteiger partial charge in [0, 0.05) is 16.5 Å². The first-order valence-corrected chi connectivity index (χ1v) is 11.1. The summed E-state index contributed by atoms with van der Waals surface area (Å²) in [5.41, 5.74) is 1.22. The number of sulfonamides is 1. The first-order chi connectivity index (χ1) is 14.5. The van der Waals surface area contributed by atoms with Gasteiger partial charge in [0.25, 0.3) is 0 Å². The van der Waals surface area contributed by atoms with Crippen molar-refractivity contribution in [2.75, 3.05) is 11.8 Å². The van der Waals surface area contributed by atoms with Crippen LogP contribution in [0.3, 0.4) is 0 Å². The number of fused-ring (bicyclic) bond motifs is 1. The van der Waals surface area contributed by atoms with E-state index in [9.17, 15) is 8.42 Å². The van der Waals surface area contributed by atoms with Crippen LogP contribution in [0.2, 0.25) is 0 Å². The van der Waals surface area contributed by atoms with E-state index >= 15 is 0 Å². The van der Waals surface area contributed by atoms with E-state index in [2.05, 4.69) is 4.72 Å². The molecule has 0 aromatic heterocycles. The molecule has 0 spiro atoms. The number of methoxy groups -OCH3 is 1. The van der Waals surface area contributed by atoms with E-state index in [1.807, 2.05) is 54.6 Å². The lowest BCUT2D eigenvalue weighted by Crippen LogP contribution is -2.14. The smallest absolute Gasteiger partial charge is 0.236 e. The van der Waals surface area contributed by atoms with Gasteiger partial charge in [-0.05, 0) is 42.0 Å². The normalized spacial score (nSPS) is 11.2. The van der Waals surface area contributed by atoms with E-state index in [1.165, 1.54) is 0 Å². The van der Waals surface area contributed by atoms with E-state index in [4.69, 9.17) is 9.47 Å². The zero-order valence-electron chi connectivity index (χ0n) is 16.4. The van der Waals surface area contributed by atoms with Gasteiger partial charge in [0.15, 0.2) is 0 Å². The Morgan fingerprint density at radius 3 is 2.00 bits per heavy atom. The fourth-order valence-corrected chi connectivity index (χ4v) is 4.44. The van der Waals surface area contributed by atoms with Crippen molar-refractivity contribution in [2.45, 2.75) is 5.75 Å². The van der Waals surface area contributed by atoms with Gasteiger partial charge in [-0.1, -0.05) is 54.6 Å². The average Bonchev–Trinajstić information content (AvgIpc) is 2.75. The minimum Gasteiger partial charge on any atom is -0.496 e. The summed E-state index contributed by atoms with van der Waals surface area (Å²) in [6.45, 7) is 0. The SMILES string of the molecule is COc1ccc(Oc2ccc(NS(=O)(=O)Cc3ccccc3)cc2)c2ccccc12. The van der Waals surface area contributed by atoms with Crippen LogP contribution in [0.15, 0.2) is 91.0 Å². The molecule has 0 amide bonds. The maximum atomic E-state index is 12.4. The Bertz CT molecular complexity index is 1250. The van der Waals surface area contributed by atoms with Crippen LogP contribution in [-0.2, 0) is 15.8 Å². The van der Waals surface area contributed by atoms with E-state index in [0.717, 1.165) is 22.1 Å². The lowest BCUT2D eigenvalue weighted by Gasteiger charge is -2.12. The van der Waals surface area contributed by atoms with Crippen molar-refractivity contribution in [1.82, 2.24) is 0 Å². The van der Waals surface area contributed by atoms with Crippen LogP contribution in [-0.4, -0.2) is 15.5 Å². The first kappa shape index (κ1) is 19.8. The van der Waals surface area contributed by atoms with Crippen molar-refractivity contribution in [3.05, 3.63) is 96.6 Å². The molecule has 0 heterocycles. The van der Waals surface area contributed by atoms with Gasteiger partial charge in [-0.25, -0.2) is 8.42 Å². The molecule has 0 fully saturated rings. The van der Waals surface area contributed by atoms with Gasteiger partial charge in [-0.2, -0.15) is 0 Å². The van der Waals surface area contributed by atoms with Gasteiger partial charge in [-0.3, -0.25) is 4.72 Å². The summed E-state index contributed by atoms with van der Waals surface area (Å²) in [6, 6.07) is 27.5. The summed E-state index contributed by atoms with van der Waals surface area (Å²) in [7, 11) is -1.86. The van der Waals surface area contributed by atoms with Gasteiger partial charge in [0.1, 0.15) is 17.2 Å². The van der Waals surface area contributed by atoms with Crippen molar-refractivity contribution < 1.29 is 17.9 Å². The van der Waals surface area contributed by atoms with Crippen LogP contribution < -0.4 is 14.2 Å². The third kappa shape index (κ3) is 4.55. The van der Waals surface area contributed by atoms with Crippen molar-refractivity contribution in [2.24, 2.45) is 0 Å². The summed E-state index contributed by atoms with van der Waals surface area (Å²) >= 11 is 0. The minimum absolute atomic E-state index is 0.0794. The Morgan fingerprint density at radius 2 is 1.33 bits per heavy atom. The Balaban J connectivity index is 1.50. The zero-order chi connectivity index (χ0) is 21.0. The molecule has 0 saturated carbocycles. The van der Waals surface area contributed by atoms with Gasteiger partial charge >= 0.3 is 0 Å². The Hall–Kier alpha value is -3.51. The van der Waals surface area contributed by atoms with Crippen LogP contribution in [0, 0.1) is 0 Å². The summed E-state index contributed by atoms with van der Waals surface area (Å²) in [5.74, 6) is 2.01. The summed E-state index contributed by atoms with van der Waals surface area (Å²) < 4.78 is 38.9. The highest BCUT2D eigenvalue weighted by Gasteiger charge is 2.12. The van der Waals surface area contributed by atoms with Gasteiger partial charge in [-0.15, -0.1) is 0 Å². The Morgan fingerprint density at radius 1 is 0.733 bits per heavy atom. The number of benzene rings is 4. The van der Waals surface area contributed by atoms with Crippen LogP contribution in [0.25, 0.3) is 10.8 Å². The predicted octanol–water partition coefficient (Wildman–Crippen LogP) is 5.58. The molecule has 0 saturated heterocycles. The predicted molar refractivity (Wildman–Crippen MR) is 120 cm³/mol. The van der Waals surface area contributed by atoms with E-state index in [1.54, 1.807) is 43.5 Å². The maximum Gasteiger partial charge on any atom is 0.236 e. The van der Waals surface area contributed by atoms with Gasteiger partial charge in [0.05, 0.1) is 12.9 Å². The quantitative estimate of drug-likeness (QED) is 0.425. The number of nitrogens with one attached hydrogen (secondary N) is 1. The van der Waals surface area contributed by atoms with Crippen molar-refractivity contribution in [3.8, 4) is 17.2 Å². The van der Waals surface area contributed by atoms with Crippen LogP contribution >= 0.6 is 0 Å². The maximum absolute atomic E-state index is 12.4. The molecule has 30 heavy (non-hydrogen) atoms. The highest BCUT2D eigenvalue weighted by Crippen LogP contribution is 2.35. The van der Waals surface area contributed by atoms with Crippen molar-refractivity contribution >= 4 is 26.5 Å². The standard InChI is InChI=1S/C24H21NO4S/c1-28-23-15-16-24(22-10-6-5-9-21(22)23)29-20-13-11-19(12-14-20)25-30(26,27)17-18-7-3-2-4-8-18/h2-16,25H,17H2,1H3. The fourth-order valence-electron chi connectivity index (χ4n) is 3.24. The molecule has 152 valence electrons. The number of hydrogen-bond donors (Lipinski definition) is 1. The highest BCUT2D eigenvalue weighted by atomic mass is 32.2. The second kappa shape index (κ2) is 8.47. The van der Waals surface area contributed by atoms with Gasteiger partial charge < -0.3 is 9.47 Å². The molecule has 1 N–H and O–H groups in total. The van der Waals surface area contributed by atoms with Crippen LogP contribution in [0.1, 0.15) is 5.56 Å². The van der Waals surface area contributed by atoms with Crippen molar-refractivity contribution in [1.29, 1.82) is 0 Å². The molecule has 0 atom stereocenters. The molecule has 0 aliphatic carbocycles. The van der Waals surface area contributed by atoms with E-state index in [0.29, 0.717) is 17.2 Å². The van der Waals surface area contributed by atoms with Gasteiger partial charge in [0.2, 0.25) is 10.0 Å². The molecule has 0 aliphatic heterocycles. The topological polar surface area (TPSA) is 64.6 Å². The molecule has 5 nitrogen and oxygen atoms in total. The molecule has 0 aliphatic rings. The summed E-state index contributed by atoms with van der Waals surface area (Å²) in [5, 5.41) is 1.90. The minimum atomic E-state index is -3.50. The largest absolute Gasteiger partial charge is 0.496 e. The molecule has 0 unspecified atom stereocenters. The van der Waals surface area contributed by atoms with Crippen LogP contribution in [0.4, 0.5) is 5.69 Å². The molecule has 0 radical (unpaired) electrons. The second-order valence-electron chi connectivity index (χ2n) is 6.78. The lowest BCUT2D eigenvalue weighted by atomic mass is 10.1. The third-order valence-electron chi connectivity index (χ3n) is 4.62. The number of anilines is 1. The monoisotopic (exact) mass is 419 g/mol. The molecule has 0 bridgehead atoms. The lowest BCUT2D eigenvalue weighted by molar-refractivity contribution is 0.418. The molecule has 4 aromatic rings. The van der Waals surface area contributed by atoms with Crippen molar-refractivity contribution in [3.63, 3.8) is 0 Å². The van der Waals surface area contributed by atoms with E-state index < -0.39 is 10.0 Å².